The van der Waals surface area contributed by atoms with Crippen LogP contribution in [0.3, 0.4) is 0 Å². The van der Waals surface area contributed by atoms with Crippen LogP contribution in [0.15, 0.2) is 0 Å². The van der Waals surface area contributed by atoms with E-state index >= 15 is 0 Å². The van der Waals surface area contributed by atoms with Crippen molar-refractivity contribution in [2.24, 2.45) is 11.3 Å². The number of nitriles is 1. The van der Waals surface area contributed by atoms with E-state index in [1.807, 2.05) is 0 Å². The predicted molar refractivity (Wildman–Crippen MR) is 62.7 cm³/mol. The molecule has 1 fully saturated rings. The first-order chi connectivity index (χ1) is 7.54. The third-order valence-corrected chi connectivity index (χ3v) is 3.18. The van der Waals surface area contributed by atoms with E-state index in [1.54, 1.807) is 0 Å². The van der Waals surface area contributed by atoms with Gasteiger partial charge in [0, 0.05) is 18.9 Å². The molecule has 1 rings (SSSR count). The zero-order valence-corrected chi connectivity index (χ0v) is 10.7. The van der Waals surface area contributed by atoms with Gasteiger partial charge < -0.3 is 9.47 Å². The lowest BCUT2D eigenvalue weighted by Crippen LogP contribution is -2.30. The summed E-state index contributed by atoms with van der Waals surface area (Å²) in [5.41, 5.74) is 0.115. The summed E-state index contributed by atoms with van der Waals surface area (Å²) in [5, 5.41) is 8.80. The zero-order valence-electron chi connectivity index (χ0n) is 10.7. The number of ether oxygens (including phenoxy) is 2. The van der Waals surface area contributed by atoms with E-state index in [0.717, 1.165) is 19.4 Å². The van der Waals surface area contributed by atoms with Crippen LogP contribution in [-0.2, 0) is 9.47 Å². The van der Waals surface area contributed by atoms with Gasteiger partial charge in [0.15, 0.2) is 6.29 Å². The largest absolute Gasteiger partial charge is 0.353 e. The van der Waals surface area contributed by atoms with Gasteiger partial charge >= 0.3 is 0 Å². The lowest BCUT2D eigenvalue weighted by molar-refractivity contribution is -0.173. The fraction of sp³-hybridized carbons (Fsp3) is 0.923. The van der Waals surface area contributed by atoms with Crippen molar-refractivity contribution in [3.05, 3.63) is 0 Å². The van der Waals surface area contributed by atoms with E-state index in [-0.39, 0.29) is 17.6 Å². The molecule has 0 aromatic heterocycles. The van der Waals surface area contributed by atoms with Gasteiger partial charge in [-0.2, -0.15) is 5.26 Å². The summed E-state index contributed by atoms with van der Waals surface area (Å²) in [5.74, 6) is 0.281. The number of rotatable bonds is 4. The maximum Gasteiger partial charge on any atom is 0.157 e. The van der Waals surface area contributed by atoms with Gasteiger partial charge in [-0.1, -0.05) is 20.8 Å². The van der Waals surface area contributed by atoms with Gasteiger partial charge in [-0.15, -0.1) is 0 Å². The van der Waals surface area contributed by atoms with Crippen LogP contribution in [0.4, 0.5) is 0 Å². The molecule has 1 saturated heterocycles. The average Bonchev–Trinajstić information content (AvgIpc) is 2.24. The van der Waals surface area contributed by atoms with Crippen molar-refractivity contribution < 1.29 is 9.47 Å². The zero-order chi connectivity index (χ0) is 12.0. The van der Waals surface area contributed by atoms with Crippen LogP contribution >= 0.6 is 0 Å². The highest BCUT2D eigenvalue weighted by Gasteiger charge is 2.26. The van der Waals surface area contributed by atoms with Gasteiger partial charge in [0.2, 0.25) is 0 Å². The van der Waals surface area contributed by atoms with Crippen LogP contribution in [0.5, 0.6) is 0 Å². The molecule has 1 aliphatic heterocycles. The van der Waals surface area contributed by atoms with Crippen molar-refractivity contribution in [1.29, 1.82) is 5.26 Å². The Morgan fingerprint density at radius 1 is 1.44 bits per heavy atom. The molecule has 0 amide bonds. The first-order valence-corrected chi connectivity index (χ1v) is 6.14. The standard InChI is InChI=1S/C13H23NO2/c1-13(2,3)11(7-8-14)10-16-12-6-4-5-9-15-12/h11-12H,4-7,9-10H2,1-3H3/t11-,12?/m1/s1. The summed E-state index contributed by atoms with van der Waals surface area (Å²) in [4.78, 5) is 0. The van der Waals surface area contributed by atoms with Crippen LogP contribution in [0, 0.1) is 22.7 Å². The highest BCUT2D eigenvalue weighted by atomic mass is 16.7. The fourth-order valence-corrected chi connectivity index (χ4v) is 1.79. The minimum atomic E-state index is -0.0442. The van der Waals surface area contributed by atoms with Crippen molar-refractivity contribution in [3.8, 4) is 6.07 Å². The Hall–Kier alpha value is -0.590. The van der Waals surface area contributed by atoms with E-state index in [0.29, 0.717) is 13.0 Å². The molecule has 0 aromatic carbocycles. The lowest BCUT2D eigenvalue weighted by atomic mass is 9.79. The second-order valence-corrected chi connectivity index (χ2v) is 5.55. The van der Waals surface area contributed by atoms with Crippen LogP contribution in [0.25, 0.3) is 0 Å². The monoisotopic (exact) mass is 225 g/mol. The van der Waals surface area contributed by atoms with E-state index in [2.05, 4.69) is 26.8 Å². The summed E-state index contributed by atoms with van der Waals surface area (Å²) in [6.07, 6.45) is 3.82. The Balaban J connectivity index is 2.34. The number of hydrogen-bond donors (Lipinski definition) is 0. The summed E-state index contributed by atoms with van der Waals surface area (Å²) < 4.78 is 11.3. The van der Waals surface area contributed by atoms with Gasteiger partial charge in [0.1, 0.15) is 0 Å². The molecule has 1 unspecified atom stereocenters. The normalized spacial score (nSPS) is 23.8. The third-order valence-electron chi connectivity index (χ3n) is 3.18. The average molecular weight is 225 g/mol. The lowest BCUT2D eigenvalue weighted by Gasteiger charge is -2.31. The Labute approximate surface area is 98.7 Å². The molecule has 0 N–H and O–H groups in total. The van der Waals surface area contributed by atoms with Gasteiger partial charge in [-0.25, -0.2) is 0 Å². The van der Waals surface area contributed by atoms with Crippen molar-refractivity contribution in [3.63, 3.8) is 0 Å². The molecule has 0 spiro atoms. The van der Waals surface area contributed by atoms with Gasteiger partial charge in [-0.05, 0) is 24.7 Å². The van der Waals surface area contributed by atoms with Crippen molar-refractivity contribution >= 4 is 0 Å². The first kappa shape index (κ1) is 13.5. The fourth-order valence-electron chi connectivity index (χ4n) is 1.79. The van der Waals surface area contributed by atoms with Crippen LogP contribution in [0.1, 0.15) is 46.5 Å². The van der Waals surface area contributed by atoms with E-state index in [4.69, 9.17) is 14.7 Å². The SMILES string of the molecule is CC(C)(C)[C@H](CC#N)COC1CCCCO1. The van der Waals surface area contributed by atoms with Crippen molar-refractivity contribution in [2.45, 2.75) is 52.7 Å². The maximum absolute atomic E-state index is 8.80. The minimum absolute atomic E-state index is 0.0442. The number of nitrogens with zero attached hydrogens (tertiary/aromatic N) is 1. The molecule has 0 radical (unpaired) electrons. The molecule has 0 aliphatic carbocycles. The van der Waals surface area contributed by atoms with Gasteiger partial charge in [0.25, 0.3) is 0 Å². The predicted octanol–water partition coefficient (Wildman–Crippen LogP) is 3.11. The summed E-state index contributed by atoms with van der Waals surface area (Å²) in [6.45, 7) is 7.89. The van der Waals surface area contributed by atoms with Gasteiger partial charge in [-0.3, -0.25) is 0 Å². The van der Waals surface area contributed by atoms with Crippen LogP contribution in [-0.4, -0.2) is 19.5 Å². The highest BCUT2D eigenvalue weighted by molar-refractivity contribution is 4.83. The summed E-state index contributed by atoms with van der Waals surface area (Å²) >= 11 is 0. The minimum Gasteiger partial charge on any atom is -0.353 e. The molecule has 3 heteroatoms. The Kier molecular flexibility index (Phi) is 5.24. The van der Waals surface area contributed by atoms with Crippen LogP contribution < -0.4 is 0 Å². The van der Waals surface area contributed by atoms with Crippen molar-refractivity contribution in [1.82, 2.24) is 0 Å². The Morgan fingerprint density at radius 3 is 2.69 bits per heavy atom. The quantitative estimate of drug-likeness (QED) is 0.738. The summed E-state index contributed by atoms with van der Waals surface area (Å²) in [7, 11) is 0. The summed E-state index contributed by atoms with van der Waals surface area (Å²) in [6, 6.07) is 2.24. The van der Waals surface area contributed by atoms with Crippen molar-refractivity contribution in [2.75, 3.05) is 13.2 Å². The molecule has 0 saturated carbocycles. The molecule has 0 aromatic rings. The molecule has 16 heavy (non-hydrogen) atoms. The second-order valence-electron chi connectivity index (χ2n) is 5.55. The first-order valence-electron chi connectivity index (χ1n) is 6.14. The molecule has 92 valence electrons. The smallest absolute Gasteiger partial charge is 0.157 e. The van der Waals surface area contributed by atoms with E-state index in [1.165, 1.54) is 6.42 Å². The van der Waals surface area contributed by atoms with E-state index in [9.17, 15) is 0 Å². The molecule has 2 atom stereocenters. The second kappa shape index (κ2) is 6.22. The maximum atomic E-state index is 8.80. The topological polar surface area (TPSA) is 42.2 Å². The molecule has 1 aliphatic rings. The molecular weight excluding hydrogens is 202 g/mol. The number of hydrogen-bond acceptors (Lipinski definition) is 3. The molecule has 1 heterocycles. The third kappa shape index (κ3) is 4.51. The molecule has 0 bridgehead atoms. The van der Waals surface area contributed by atoms with Gasteiger partial charge in [0.05, 0.1) is 12.7 Å². The van der Waals surface area contributed by atoms with Crippen LogP contribution in [0.2, 0.25) is 0 Å². The highest BCUT2D eigenvalue weighted by Crippen LogP contribution is 2.29. The molecular formula is C13H23NO2. The Bertz CT molecular complexity index is 233. The Morgan fingerprint density at radius 2 is 2.19 bits per heavy atom. The van der Waals surface area contributed by atoms with E-state index < -0.39 is 0 Å². The molecule has 3 nitrogen and oxygen atoms in total.